The van der Waals surface area contributed by atoms with Crippen molar-refractivity contribution in [2.24, 2.45) is 10.2 Å². The molecule has 156 valence electrons. The van der Waals surface area contributed by atoms with Crippen molar-refractivity contribution in [3.63, 3.8) is 0 Å². The summed E-state index contributed by atoms with van der Waals surface area (Å²) in [7, 11) is 0. The largest absolute Gasteiger partial charge is 2.00 e. The van der Waals surface area contributed by atoms with Crippen molar-refractivity contribution >= 4 is 23.2 Å². The van der Waals surface area contributed by atoms with E-state index in [9.17, 15) is 9.59 Å². The van der Waals surface area contributed by atoms with Crippen LogP contribution in [0, 0.1) is 0 Å². The van der Waals surface area contributed by atoms with Crippen LogP contribution in [-0.2, 0) is 17.1 Å². The Balaban J connectivity index is 0.00000341. The van der Waals surface area contributed by atoms with Gasteiger partial charge in [-0.15, -0.1) is 0 Å². The first-order valence-electron chi connectivity index (χ1n) is 9.01. The van der Waals surface area contributed by atoms with E-state index in [1.54, 1.807) is 56.3 Å². The van der Waals surface area contributed by atoms with Gasteiger partial charge in [-0.2, -0.15) is 10.2 Å². The molecule has 3 rings (SSSR count). The summed E-state index contributed by atoms with van der Waals surface area (Å²) in [6.45, 7) is 3.47. The number of carbonyl (C=O) groups excluding carboxylic acids is 2. The molecule has 31 heavy (non-hydrogen) atoms. The molecule has 0 unspecified atom stereocenters. The number of amides is 2. The molecule has 0 aliphatic carbocycles. The zero-order valence-electron chi connectivity index (χ0n) is 16.8. The SMILES string of the molecule is CC(=NNC(=O)c1ccncc1)c1cccc(C(C)=NNC(=O)c2ccncc2)n1.[Fe+2]. The topological polar surface area (TPSA) is 122 Å². The Labute approximate surface area is 189 Å². The minimum Gasteiger partial charge on any atom is -0.267 e. The monoisotopic (exact) mass is 457 g/mol. The van der Waals surface area contributed by atoms with Crippen LogP contribution in [0.4, 0.5) is 0 Å². The molecule has 2 amide bonds. The van der Waals surface area contributed by atoms with Gasteiger partial charge in [0.1, 0.15) is 0 Å². The molecule has 0 saturated carbocycles. The van der Waals surface area contributed by atoms with Crippen LogP contribution in [0.25, 0.3) is 0 Å². The van der Waals surface area contributed by atoms with Crippen molar-refractivity contribution in [3.8, 4) is 0 Å². The zero-order valence-corrected chi connectivity index (χ0v) is 17.9. The maximum absolute atomic E-state index is 12.1. The third-order valence-corrected chi connectivity index (χ3v) is 4.03. The number of nitrogens with one attached hydrogen (secondary N) is 2. The van der Waals surface area contributed by atoms with Crippen molar-refractivity contribution in [3.05, 3.63) is 89.8 Å². The average molecular weight is 457 g/mol. The van der Waals surface area contributed by atoms with E-state index in [0.717, 1.165) is 0 Å². The van der Waals surface area contributed by atoms with Gasteiger partial charge in [0.05, 0.1) is 22.8 Å². The van der Waals surface area contributed by atoms with Crippen LogP contribution in [-0.4, -0.2) is 38.2 Å². The van der Waals surface area contributed by atoms with E-state index in [2.05, 4.69) is 36.0 Å². The number of aromatic nitrogens is 3. The molecular formula is C21H19FeN7O2+2. The second kappa shape index (κ2) is 11.4. The van der Waals surface area contributed by atoms with Crippen LogP contribution < -0.4 is 10.9 Å². The fraction of sp³-hybridized carbons (Fsp3) is 0.0952. The van der Waals surface area contributed by atoms with E-state index >= 15 is 0 Å². The van der Waals surface area contributed by atoms with Gasteiger partial charge < -0.3 is 0 Å². The summed E-state index contributed by atoms with van der Waals surface area (Å²) in [6.07, 6.45) is 6.14. The number of carbonyl (C=O) groups is 2. The Hall–Kier alpha value is -3.75. The standard InChI is InChI=1S/C21H19N7O2.Fe/c1-14(25-27-20(29)16-6-10-22-11-7-16)18-4-3-5-19(24-18)15(2)26-28-21(30)17-8-12-23-13-9-17;/h3-13H,1-2H3,(H,27,29)(H,28,30);/q;+2. The number of nitrogens with zero attached hydrogens (tertiary/aromatic N) is 5. The first kappa shape index (κ1) is 23.5. The molecule has 3 aromatic rings. The molecule has 0 saturated heterocycles. The molecule has 3 heterocycles. The van der Waals surface area contributed by atoms with E-state index < -0.39 is 0 Å². The number of hydrazone groups is 2. The predicted molar refractivity (Wildman–Crippen MR) is 112 cm³/mol. The van der Waals surface area contributed by atoms with Crippen molar-refractivity contribution in [2.75, 3.05) is 0 Å². The number of rotatable bonds is 6. The average Bonchev–Trinajstić information content (AvgIpc) is 2.81. The molecule has 9 nitrogen and oxygen atoms in total. The molecule has 10 heteroatoms. The summed E-state index contributed by atoms with van der Waals surface area (Å²) in [5, 5.41) is 8.21. The molecule has 0 bridgehead atoms. The van der Waals surface area contributed by atoms with Crippen LogP contribution in [0.2, 0.25) is 0 Å². The second-order valence-corrected chi connectivity index (χ2v) is 6.16. The van der Waals surface area contributed by atoms with Gasteiger partial charge >= 0.3 is 17.1 Å². The van der Waals surface area contributed by atoms with E-state index in [1.165, 1.54) is 24.8 Å². The Morgan fingerprint density at radius 3 is 1.48 bits per heavy atom. The van der Waals surface area contributed by atoms with E-state index in [-0.39, 0.29) is 28.9 Å². The Bertz CT molecular complexity index is 1020. The molecule has 0 aromatic carbocycles. The maximum atomic E-state index is 12.1. The van der Waals surface area contributed by atoms with Gasteiger partial charge in [0, 0.05) is 35.9 Å². The van der Waals surface area contributed by atoms with E-state index in [0.29, 0.717) is 33.9 Å². The maximum Gasteiger partial charge on any atom is 2.00 e. The Kier molecular flexibility index (Phi) is 8.68. The van der Waals surface area contributed by atoms with Crippen LogP contribution in [0.5, 0.6) is 0 Å². The molecule has 2 N–H and O–H groups in total. The van der Waals surface area contributed by atoms with Gasteiger partial charge in [-0.3, -0.25) is 19.6 Å². The summed E-state index contributed by atoms with van der Waals surface area (Å²) in [5.41, 5.74) is 8.07. The van der Waals surface area contributed by atoms with Crippen molar-refractivity contribution in [2.45, 2.75) is 13.8 Å². The Morgan fingerprint density at radius 1 is 0.710 bits per heavy atom. The summed E-state index contributed by atoms with van der Waals surface area (Å²) >= 11 is 0. The van der Waals surface area contributed by atoms with Gasteiger partial charge in [-0.1, -0.05) is 6.07 Å². The molecule has 3 aromatic heterocycles. The molecule has 0 fully saturated rings. The minimum atomic E-state index is -0.343. The smallest absolute Gasteiger partial charge is 0.267 e. The summed E-state index contributed by atoms with van der Waals surface area (Å²) in [4.78, 5) is 36.4. The summed E-state index contributed by atoms with van der Waals surface area (Å²) < 4.78 is 0. The molecule has 0 atom stereocenters. The molecule has 0 aliphatic heterocycles. The van der Waals surface area contributed by atoms with Gasteiger partial charge in [-0.05, 0) is 50.2 Å². The van der Waals surface area contributed by atoms with E-state index in [4.69, 9.17) is 0 Å². The normalized spacial score (nSPS) is 11.3. The van der Waals surface area contributed by atoms with Crippen LogP contribution in [0.3, 0.4) is 0 Å². The molecule has 0 radical (unpaired) electrons. The molecular weight excluding hydrogens is 438 g/mol. The number of hydrogen-bond donors (Lipinski definition) is 2. The van der Waals surface area contributed by atoms with E-state index in [1.807, 2.05) is 0 Å². The van der Waals surface area contributed by atoms with Crippen LogP contribution in [0.15, 0.2) is 77.5 Å². The number of hydrogen-bond acceptors (Lipinski definition) is 7. The van der Waals surface area contributed by atoms with Crippen LogP contribution in [0.1, 0.15) is 46.0 Å². The van der Waals surface area contributed by atoms with Gasteiger partial charge in [0.15, 0.2) is 0 Å². The second-order valence-electron chi connectivity index (χ2n) is 6.16. The minimum absolute atomic E-state index is 0. The Morgan fingerprint density at radius 2 is 1.10 bits per heavy atom. The molecule has 0 spiro atoms. The van der Waals surface area contributed by atoms with Crippen molar-refractivity contribution in [1.29, 1.82) is 0 Å². The van der Waals surface area contributed by atoms with Crippen LogP contribution >= 0.6 is 0 Å². The predicted octanol–water partition coefficient (Wildman–Crippen LogP) is 2.18. The van der Waals surface area contributed by atoms with Gasteiger partial charge in [0.2, 0.25) is 0 Å². The summed E-state index contributed by atoms with van der Waals surface area (Å²) in [6, 6.07) is 11.7. The number of pyridine rings is 3. The van der Waals surface area contributed by atoms with Gasteiger partial charge in [0.25, 0.3) is 11.8 Å². The van der Waals surface area contributed by atoms with Crippen molar-refractivity contribution < 1.29 is 26.7 Å². The van der Waals surface area contributed by atoms with Crippen molar-refractivity contribution in [1.82, 2.24) is 25.8 Å². The first-order valence-corrected chi connectivity index (χ1v) is 9.01. The van der Waals surface area contributed by atoms with Gasteiger partial charge in [-0.25, -0.2) is 15.8 Å². The summed E-state index contributed by atoms with van der Waals surface area (Å²) in [5.74, 6) is -0.686. The zero-order chi connectivity index (χ0) is 21.3. The third kappa shape index (κ3) is 6.63. The molecule has 0 aliphatic rings. The fourth-order valence-corrected chi connectivity index (χ4v) is 2.36. The third-order valence-electron chi connectivity index (χ3n) is 4.03. The first-order chi connectivity index (χ1) is 14.5. The fourth-order valence-electron chi connectivity index (χ4n) is 2.36. The quantitative estimate of drug-likeness (QED) is 0.334.